The molecule has 0 radical (unpaired) electrons. The Morgan fingerprint density at radius 3 is 1.92 bits per heavy atom. The summed E-state index contributed by atoms with van der Waals surface area (Å²) in [4.78, 5) is 11.3. The van der Waals surface area contributed by atoms with Crippen molar-refractivity contribution < 1.29 is 4.79 Å². The Labute approximate surface area is 73.8 Å². The third-order valence-electron chi connectivity index (χ3n) is 3.91. The lowest BCUT2D eigenvalue weighted by atomic mass is 9.71. The predicted octanol–water partition coefficient (Wildman–Crippen LogP) is 2.71. The summed E-state index contributed by atoms with van der Waals surface area (Å²) in [7, 11) is 0. The molecule has 0 amide bonds. The largest absolute Gasteiger partial charge is 0.300 e. The van der Waals surface area contributed by atoms with E-state index in [2.05, 4.69) is 20.4 Å². The Bertz CT molecular complexity index is 218. The molecule has 0 saturated heterocycles. The fraction of sp³-hybridized carbons (Fsp3) is 0.727. The SMILES string of the molecule is C=C1C[C@@]2(C)CC(=O)C[C@@]2(C)C1. The summed E-state index contributed by atoms with van der Waals surface area (Å²) in [6.45, 7) is 8.53. The molecular formula is C11H16O. The van der Waals surface area contributed by atoms with E-state index in [0.717, 1.165) is 25.7 Å². The van der Waals surface area contributed by atoms with Crippen molar-refractivity contribution in [3.8, 4) is 0 Å². The Balaban J connectivity index is 2.38. The first kappa shape index (κ1) is 8.03. The van der Waals surface area contributed by atoms with E-state index in [1.54, 1.807) is 0 Å². The van der Waals surface area contributed by atoms with Gasteiger partial charge in [0.1, 0.15) is 5.78 Å². The van der Waals surface area contributed by atoms with E-state index in [1.807, 2.05) is 0 Å². The summed E-state index contributed by atoms with van der Waals surface area (Å²) < 4.78 is 0. The van der Waals surface area contributed by atoms with Crippen LogP contribution in [0.2, 0.25) is 0 Å². The van der Waals surface area contributed by atoms with E-state index in [-0.39, 0.29) is 10.8 Å². The number of carbonyl (C=O) groups excluding carboxylic acids is 1. The summed E-state index contributed by atoms with van der Waals surface area (Å²) in [6.07, 6.45) is 3.69. The van der Waals surface area contributed by atoms with Gasteiger partial charge in [0.2, 0.25) is 0 Å². The quantitative estimate of drug-likeness (QED) is 0.503. The third-order valence-corrected chi connectivity index (χ3v) is 3.91. The molecule has 2 aliphatic carbocycles. The van der Waals surface area contributed by atoms with Crippen LogP contribution < -0.4 is 0 Å². The van der Waals surface area contributed by atoms with Crippen LogP contribution in [-0.2, 0) is 4.79 Å². The molecule has 0 unspecified atom stereocenters. The molecule has 0 aromatic carbocycles. The lowest BCUT2D eigenvalue weighted by Gasteiger charge is -2.32. The molecule has 0 bridgehead atoms. The Kier molecular flexibility index (Phi) is 1.35. The van der Waals surface area contributed by atoms with Gasteiger partial charge < -0.3 is 0 Å². The molecule has 2 saturated carbocycles. The molecule has 12 heavy (non-hydrogen) atoms. The summed E-state index contributed by atoms with van der Waals surface area (Å²) in [5.41, 5.74) is 1.81. The van der Waals surface area contributed by atoms with Gasteiger partial charge in [-0.15, -0.1) is 0 Å². The van der Waals surface area contributed by atoms with Gasteiger partial charge in [0.05, 0.1) is 0 Å². The normalized spacial score (nSPS) is 46.8. The summed E-state index contributed by atoms with van der Waals surface area (Å²) in [6, 6.07) is 0. The van der Waals surface area contributed by atoms with Gasteiger partial charge in [-0.1, -0.05) is 26.0 Å². The Morgan fingerprint density at radius 1 is 1.08 bits per heavy atom. The molecule has 0 spiro atoms. The monoisotopic (exact) mass is 164 g/mol. The zero-order valence-electron chi connectivity index (χ0n) is 7.94. The van der Waals surface area contributed by atoms with E-state index in [0.29, 0.717) is 5.78 Å². The molecule has 0 aromatic rings. The van der Waals surface area contributed by atoms with Crippen LogP contribution in [0.4, 0.5) is 0 Å². The van der Waals surface area contributed by atoms with Gasteiger partial charge in [-0.3, -0.25) is 4.79 Å². The second-order valence-electron chi connectivity index (χ2n) is 5.12. The highest BCUT2D eigenvalue weighted by Crippen LogP contribution is 2.62. The lowest BCUT2D eigenvalue weighted by molar-refractivity contribution is -0.118. The van der Waals surface area contributed by atoms with Crippen LogP contribution >= 0.6 is 0 Å². The number of hydrogen-bond acceptors (Lipinski definition) is 1. The second kappa shape index (κ2) is 2.01. The van der Waals surface area contributed by atoms with E-state index in [4.69, 9.17) is 0 Å². The fourth-order valence-electron chi connectivity index (χ4n) is 3.08. The number of carbonyl (C=O) groups is 1. The second-order valence-corrected chi connectivity index (χ2v) is 5.12. The van der Waals surface area contributed by atoms with Crippen LogP contribution in [0.25, 0.3) is 0 Å². The van der Waals surface area contributed by atoms with Crippen molar-refractivity contribution in [2.75, 3.05) is 0 Å². The van der Waals surface area contributed by atoms with Gasteiger partial charge in [0.15, 0.2) is 0 Å². The number of ketones is 1. The fourth-order valence-corrected chi connectivity index (χ4v) is 3.08. The van der Waals surface area contributed by atoms with Crippen molar-refractivity contribution in [1.29, 1.82) is 0 Å². The minimum atomic E-state index is 0.237. The topological polar surface area (TPSA) is 17.1 Å². The van der Waals surface area contributed by atoms with Crippen molar-refractivity contribution in [2.45, 2.75) is 39.5 Å². The van der Waals surface area contributed by atoms with Crippen LogP contribution in [-0.4, -0.2) is 5.78 Å². The number of fused-ring (bicyclic) bond motifs is 1. The molecule has 1 nitrogen and oxygen atoms in total. The van der Waals surface area contributed by atoms with E-state index < -0.39 is 0 Å². The van der Waals surface area contributed by atoms with Crippen molar-refractivity contribution in [3.63, 3.8) is 0 Å². The minimum absolute atomic E-state index is 0.237. The average Bonchev–Trinajstić information content (AvgIpc) is 2.09. The van der Waals surface area contributed by atoms with Crippen molar-refractivity contribution >= 4 is 5.78 Å². The maximum absolute atomic E-state index is 11.3. The van der Waals surface area contributed by atoms with Crippen LogP contribution in [0.3, 0.4) is 0 Å². The molecule has 2 fully saturated rings. The number of rotatable bonds is 0. The van der Waals surface area contributed by atoms with E-state index in [9.17, 15) is 4.79 Å². The zero-order valence-corrected chi connectivity index (χ0v) is 7.94. The summed E-state index contributed by atoms with van der Waals surface area (Å²) in [5.74, 6) is 0.451. The first-order valence-electron chi connectivity index (χ1n) is 4.64. The molecule has 1 heteroatoms. The van der Waals surface area contributed by atoms with Crippen molar-refractivity contribution in [1.82, 2.24) is 0 Å². The van der Waals surface area contributed by atoms with E-state index >= 15 is 0 Å². The Morgan fingerprint density at radius 2 is 1.50 bits per heavy atom. The highest BCUT2D eigenvalue weighted by molar-refractivity contribution is 5.83. The standard InChI is InChI=1S/C11H16O/c1-8-4-10(2)6-9(12)7-11(10,3)5-8/h1,4-7H2,2-3H3/t10-,11+. The summed E-state index contributed by atoms with van der Waals surface area (Å²) in [5, 5.41) is 0. The van der Waals surface area contributed by atoms with Gasteiger partial charge in [0.25, 0.3) is 0 Å². The van der Waals surface area contributed by atoms with Crippen LogP contribution in [0.15, 0.2) is 12.2 Å². The Hall–Kier alpha value is -0.590. The molecule has 2 aliphatic rings. The third kappa shape index (κ3) is 0.825. The van der Waals surface area contributed by atoms with Crippen LogP contribution in [0.1, 0.15) is 39.5 Å². The van der Waals surface area contributed by atoms with E-state index in [1.165, 1.54) is 5.57 Å². The maximum Gasteiger partial charge on any atom is 0.134 e. The van der Waals surface area contributed by atoms with Crippen molar-refractivity contribution in [2.24, 2.45) is 10.8 Å². The molecule has 2 atom stereocenters. The van der Waals surface area contributed by atoms with Gasteiger partial charge in [0, 0.05) is 12.8 Å². The van der Waals surface area contributed by atoms with Crippen LogP contribution in [0, 0.1) is 10.8 Å². The maximum atomic E-state index is 11.3. The molecular weight excluding hydrogens is 148 g/mol. The lowest BCUT2D eigenvalue weighted by Crippen LogP contribution is -2.25. The zero-order chi connectivity index (χ0) is 8.98. The molecule has 0 aliphatic heterocycles. The molecule has 0 heterocycles. The smallest absolute Gasteiger partial charge is 0.134 e. The number of Topliss-reactive ketones (excluding diaryl/α,β-unsaturated/α-hetero) is 1. The average molecular weight is 164 g/mol. The van der Waals surface area contributed by atoms with Gasteiger partial charge in [-0.25, -0.2) is 0 Å². The number of hydrogen-bond donors (Lipinski definition) is 0. The minimum Gasteiger partial charge on any atom is -0.300 e. The highest BCUT2D eigenvalue weighted by atomic mass is 16.1. The predicted molar refractivity (Wildman–Crippen MR) is 48.8 cm³/mol. The molecule has 66 valence electrons. The van der Waals surface area contributed by atoms with Crippen molar-refractivity contribution in [3.05, 3.63) is 12.2 Å². The van der Waals surface area contributed by atoms with Crippen LogP contribution in [0.5, 0.6) is 0 Å². The van der Waals surface area contributed by atoms with Gasteiger partial charge in [-0.05, 0) is 23.7 Å². The van der Waals surface area contributed by atoms with Gasteiger partial charge >= 0.3 is 0 Å². The number of allylic oxidation sites excluding steroid dienone is 1. The molecule has 0 N–H and O–H groups in total. The highest BCUT2D eigenvalue weighted by Gasteiger charge is 2.55. The molecule has 0 aromatic heterocycles. The first-order valence-corrected chi connectivity index (χ1v) is 4.64. The molecule has 2 rings (SSSR count). The summed E-state index contributed by atoms with van der Waals surface area (Å²) >= 11 is 0. The van der Waals surface area contributed by atoms with Gasteiger partial charge in [-0.2, -0.15) is 0 Å². The first-order chi connectivity index (χ1) is 5.45.